The molecule has 0 aliphatic carbocycles. The predicted octanol–water partition coefficient (Wildman–Crippen LogP) is -0.284. The van der Waals surface area contributed by atoms with Gasteiger partial charge in [-0.15, -0.1) is 0 Å². The first-order valence-corrected chi connectivity index (χ1v) is 26.5. The zero-order valence-electron chi connectivity index (χ0n) is 44.4. The SMILES string of the molecule is CCCCCCC[C@@H](O)CC(=O)C[C@H](CCN)C(=O)N[C@H]1CCNC(=O)[C@H](CC(C)C)NC(=O)[C@H](CCN)NC(=O)[C@H](CCN)NC(=O)[C@H](CC(C)C)NC(=O)N(Cc2ccccc2)NC(=O)[C@H](CCN)NC1=O. The summed E-state index contributed by atoms with van der Waals surface area (Å²) in [7, 11) is 0. The Kier molecular flexibility index (Phi) is 30.8. The summed E-state index contributed by atoms with van der Waals surface area (Å²) >= 11 is 0. The summed E-state index contributed by atoms with van der Waals surface area (Å²) in [4.78, 5) is 126. The van der Waals surface area contributed by atoms with E-state index in [9.17, 15) is 48.3 Å². The zero-order chi connectivity index (χ0) is 55.2. The van der Waals surface area contributed by atoms with Crippen molar-refractivity contribution in [1.82, 2.24) is 47.7 Å². The summed E-state index contributed by atoms with van der Waals surface area (Å²) in [6.07, 6.45) is 3.73. The highest BCUT2D eigenvalue weighted by Gasteiger charge is 2.35. The molecule has 8 atom stereocenters. The first-order valence-electron chi connectivity index (χ1n) is 26.5. The molecule has 23 nitrogen and oxygen atoms in total. The van der Waals surface area contributed by atoms with Crippen molar-refractivity contribution in [3.05, 3.63) is 35.9 Å². The van der Waals surface area contributed by atoms with Gasteiger partial charge in [-0.3, -0.25) is 43.8 Å². The normalized spacial score (nSPS) is 22.1. The largest absolute Gasteiger partial charge is 0.393 e. The minimum absolute atomic E-state index is 0.0139. The van der Waals surface area contributed by atoms with Gasteiger partial charge in [-0.1, -0.05) is 97.1 Å². The molecule has 0 aromatic heterocycles. The number of aliphatic hydroxyl groups is 1. The number of rotatable bonds is 26. The average Bonchev–Trinajstić information content (AvgIpc) is 3.34. The van der Waals surface area contributed by atoms with Crippen molar-refractivity contribution in [3.8, 4) is 0 Å². The molecule has 0 spiro atoms. The van der Waals surface area contributed by atoms with Gasteiger partial charge in [-0.25, -0.2) is 9.80 Å². The van der Waals surface area contributed by atoms with E-state index >= 15 is 0 Å². The first kappa shape index (κ1) is 64.4. The number of nitrogens with one attached hydrogen (secondary N) is 8. The molecule has 0 saturated carbocycles. The van der Waals surface area contributed by atoms with Crippen LogP contribution in [0.2, 0.25) is 0 Å². The minimum Gasteiger partial charge on any atom is -0.393 e. The predicted molar refractivity (Wildman–Crippen MR) is 280 cm³/mol. The Bertz CT molecular complexity index is 1930. The van der Waals surface area contributed by atoms with Gasteiger partial charge in [0.15, 0.2) is 0 Å². The first-order chi connectivity index (χ1) is 35.3. The molecule has 2 rings (SSSR count). The van der Waals surface area contributed by atoms with Crippen LogP contribution in [0, 0.1) is 17.8 Å². The summed E-state index contributed by atoms with van der Waals surface area (Å²) in [6, 6.07) is -0.0983. The van der Waals surface area contributed by atoms with Gasteiger partial charge in [0.2, 0.25) is 35.4 Å². The second kappa shape index (κ2) is 35.4. The number of amides is 9. The van der Waals surface area contributed by atoms with Gasteiger partial charge in [0, 0.05) is 25.3 Å². The standard InChI is InChI=1S/C51H89N13O10/c1-6-7-8-9-13-16-36(65)30-37(66)29-35(17-22-52)44(67)57-41-21-26-56-45(68)42(27-32(2)3)61-47(70)39(19-24-54)58-46(69)38(18-23-53)59-49(72)43(28-33(4)5)62-51(74)64(31-34-14-11-10-12-15-34)63-50(73)40(20-25-55)60-48(41)71/h10-12,14-15,32-33,35-36,38-43,65H,6-9,13,16-31,52-55H2,1-5H3,(H,56,68)(H,57,67)(H,58,69)(H,59,72)(H,60,71)(H,61,70)(H,62,74)(H,63,73)/t35-,36+,38-,39-,40-,41-,42-,43-/m0/s1. The number of unbranched alkanes of at least 4 members (excludes halogenated alkanes) is 4. The highest BCUT2D eigenvalue weighted by atomic mass is 16.3. The molecule has 0 unspecified atom stereocenters. The third kappa shape index (κ3) is 24.5. The number of hydrogen-bond acceptors (Lipinski definition) is 14. The number of nitrogens with two attached hydrogens (primary N) is 4. The average molecular weight is 1040 g/mol. The Balaban J connectivity index is 2.68. The number of nitrogens with zero attached hydrogens (tertiary/aromatic N) is 1. The van der Waals surface area contributed by atoms with Crippen LogP contribution in [0.3, 0.4) is 0 Å². The van der Waals surface area contributed by atoms with Gasteiger partial charge in [-0.2, -0.15) is 0 Å². The molecule has 9 amide bonds. The van der Waals surface area contributed by atoms with Gasteiger partial charge in [0.05, 0.1) is 12.6 Å². The minimum atomic E-state index is -1.44. The lowest BCUT2D eigenvalue weighted by atomic mass is 9.93. The van der Waals surface area contributed by atoms with E-state index in [1.54, 1.807) is 30.3 Å². The molecule has 1 aromatic carbocycles. The maximum atomic E-state index is 14.4. The van der Waals surface area contributed by atoms with E-state index in [2.05, 4.69) is 49.6 Å². The summed E-state index contributed by atoms with van der Waals surface area (Å²) in [5, 5.41) is 30.3. The Hall–Kier alpha value is -5.75. The molecule has 74 heavy (non-hydrogen) atoms. The molecular formula is C51H89N13O10. The van der Waals surface area contributed by atoms with Crippen LogP contribution in [0.5, 0.6) is 0 Å². The van der Waals surface area contributed by atoms with E-state index < -0.39 is 95.7 Å². The lowest BCUT2D eigenvalue weighted by molar-refractivity contribution is -0.135. The van der Waals surface area contributed by atoms with Crippen molar-refractivity contribution < 1.29 is 48.3 Å². The van der Waals surface area contributed by atoms with Crippen LogP contribution in [0.1, 0.15) is 136 Å². The van der Waals surface area contributed by atoms with Crippen LogP contribution >= 0.6 is 0 Å². The number of carbonyl (C=O) groups excluding carboxylic acids is 9. The smallest absolute Gasteiger partial charge is 0.337 e. The number of hydrazine groups is 1. The van der Waals surface area contributed by atoms with Gasteiger partial charge in [0.1, 0.15) is 42.0 Å². The van der Waals surface area contributed by atoms with Crippen LogP contribution in [0.25, 0.3) is 0 Å². The molecule has 1 aliphatic rings. The van der Waals surface area contributed by atoms with Crippen LogP contribution in [-0.2, 0) is 44.9 Å². The second-order valence-corrected chi connectivity index (χ2v) is 20.0. The Morgan fingerprint density at radius 1 is 0.635 bits per heavy atom. The van der Waals surface area contributed by atoms with E-state index in [0.717, 1.165) is 37.1 Å². The van der Waals surface area contributed by atoms with Gasteiger partial charge in [0.25, 0.3) is 5.91 Å². The number of hydrogen-bond donors (Lipinski definition) is 13. The molecule has 0 bridgehead atoms. The summed E-state index contributed by atoms with van der Waals surface area (Å²) in [5.74, 6) is -7.05. The Morgan fingerprint density at radius 3 is 1.69 bits per heavy atom. The van der Waals surface area contributed by atoms with E-state index in [4.69, 9.17) is 22.9 Å². The lowest BCUT2D eigenvalue weighted by Crippen LogP contribution is -2.61. The quantitative estimate of drug-likeness (QED) is 0.0531. The maximum absolute atomic E-state index is 14.4. The summed E-state index contributed by atoms with van der Waals surface area (Å²) < 4.78 is 0. The van der Waals surface area contributed by atoms with Gasteiger partial charge >= 0.3 is 6.03 Å². The number of ketones is 1. The second-order valence-electron chi connectivity index (χ2n) is 20.0. The third-order valence-electron chi connectivity index (χ3n) is 12.4. The van der Waals surface area contributed by atoms with Crippen molar-refractivity contribution in [3.63, 3.8) is 0 Å². The maximum Gasteiger partial charge on any atom is 0.337 e. The van der Waals surface area contributed by atoms with Crippen molar-refractivity contribution in [2.24, 2.45) is 40.7 Å². The fourth-order valence-corrected chi connectivity index (χ4v) is 8.42. The molecule has 1 aromatic rings. The molecule has 23 heteroatoms. The number of carbonyl (C=O) groups is 9. The third-order valence-corrected chi connectivity index (χ3v) is 12.4. The van der Waals surface area contributed by atoms with Gasteiger partial charge in [-0.05, 0) is 94.9 Å². The molecule has 1 aliphatic heterocycles. The molecule has 418 valence electrons. The van der Waals surface area contributed by atoms with E-state index in [-0.39, 0.29) is 115 Å². The molecule has 1 fully saturated rings. The monoisotopic (exact) mass is 1040 g/mol. The van der Waals surface area contributed by atoms with Crippen molar-refractivity contribution in [2.75, 3.05) is 32.7 Å². The van der Waals surface area contributed by atoms with Crippen molar-refractivity contribution >= 4 is 53.2 Å². The molecule has 1 heterocycles. The van der Waals surface area contributed by atoms with E-state index in [0.29, 0.717) is 12.0 Å². The van der Waals surface area contributed by atoms with E-state index in [1.165, 1.54) is 0 Å². The van der Waals surface area contributed by atoms with Crippen LogP contribution in [-0.4, -0.2) is 138 Å². The Morgan fingerprint density at radius 2 is 1.15 bits per heavy atom. The number of aliphatic hydroxyl groups excluding tert-OH is 1. The zero-order valence-corrected chi connectivity index (χ0v) is 44.4. The highest BCUT2D eigenvalue weighted by Crippen LogP contribution is 2.16. The summed E-state index contributed by atoms with van der Waals surface area (Å²) in [6.45, 7) is 8.74. The fourth-order valence-electron chi connectivity index (χ4n) is 8.42. The Labute approximate surface area is 437 Å². The van der Waals surface area contributed by atoms with Crippen LogP contribution < -0.4 is 65.6 Å². The fraction of sp³-hybridized carbons (Fsp3) is 0.706. The van der Waals surface area contributed by atoms with E-state index in [1.807, 2.05) is 27.7 Å². The molecule has 17 N–H and O–H groups in total. The van der Waals surface area contributed by atoms with Crippen molar-refractivity contribution in [1.29, 1.82) is 0 Å². The van der Waals surface area contributed by atoms with Crippen molar-refractivity contribution in [2.45, 2.75) is 180 Å². The topological polar surface area (TPSA) is 377 Å². The summed E-state index contributed by atoms with van der Waals surface area (Å²) in [5.41, 5.74) is 26.8. The van der Waals surface area contributed by atoms with Gasteiger partial charge < -0.3 is 65.3 Å². The van der Waals surface area contributed by atoms with Crippen LogP contribution in [0.4, 0.5) is 4.79 Å². The number of urea groups is 1. The molecular weight excluding hydrogens is 955 g/mol. The number of Topliss-reactive ketones (excluding diaryl/α,β-unsaturated/α-hetero) is 1. The van der Waals surface area contributed by atoms with Crippen LogP contribution in [0.15, 0.2) is 30.3 Å². The highest BCUT2D eigenvalue weighted by molar-refractivity contribution is 5.97. The molecule has 1 saturated heterocycles. The lowest BCUT2D eigenvalue weighted by Gasteiger charge is -2.30. The molecule has 0 radical (unpaired) electrons. The number of benzene rings is 1.